The number of piperidine rings is 1. The van der Waals surface area contributed by atoms with Crippen LogP contribution in [0.15, 0.2) is 41.4 Å². The normalized spacial score (nSPS) is 16.1. The lowest BCUT2D eigenvalue weighted by atomic mass is 10.0. The van der Waals surface area contributed by atoms with Crippen LogP contribution in [0.1, 0.15) is 39.3 Å². The number of nitrogens with zero attached hydrogens (tertiary/aromatic N) is 2. The van der Waals surface area contributed by atoms with Crippen LogP contribution >= 0.6 is 0 Å². The van der Waals surface area contributed by atoms with Crippen LogP contribution in [-0.4, -0.2) is 48.2 Å². The Morgan fingerprint density at radius 2 is 1.82 bits per heavy atom. The molecule has 150 valence electrons. The van der Waals surface area contributed by atoms with E-state index < -0.39 is 15.9 Å². The minimum Gasteiger partial charge on any atom is -0.364 e. The second-order valence-corrected chi connectivity index (χ2v) is 8.94. The van der Waals surface area contributed by atoms with Crippen molar-refractivity contribution in [1.29, 1.82) is 0 Å². The highest BCUT2D eigenvalue weighted by atomic mass is 32.2. The average Bonchev–Trinajstić information content (AvgIpc) is 3.05. The zero-order valence-electron chi connectivity index (χ0n) is 15.9. The summed E-state index contributed by atoms with van der Waals surface area (Å²) >= 11 is 0. The van der Waals surface area contributed by atoms with Gasteiger partial charge < -0.3 is 15.6 Å². The molecule has 0 atom stereocenters. The Morgan fingerprint density at radius 3 is 2.39 bits per heavy atom. The van der Waals surface area contributed by atoms with Crippen molar-refractivity contribution in [3.05, 3.63) is 53.3 Å². The summed E-state index contributed by atoms with van der Waals surface area (Å²) in [6, 6.07) is 8.56. The van der Waals surface area contributed by atoms with Gasteiger partial charge in [0.25, 0.3) is 11.8 Å². The Hall–Kier alpha value is -2.65. The third-order valence-corrected chi connectivity index (χ3v) is 6.91. The van der Waals surface area contributed by atoms with Crippen molar-refractivity contribution in [2.45, 2.75) is 30.7 Å². The fourth-order valence-corrected chi connectivity index (χ4v) is 4.94. The molecule has 8 nitrogen and oxygen atoms in total. The van der Waals surface area contributed by atoms with E-state index in [0.29, 0.717) is 31.5 Å². The number of aromatic nitrogens is 1. The predicted octanol–water partition coefficient (Wildman–Crippen LogP) is 1.02. The van der Waals surface area contributed by atoms with Gasteiger partial charge in [-0.25, -0.2) is 8.42 Å². The van der Waals surface area contributed by atoms with Gasteiger partial charge in [-0.2, -0.15) is 4.31 Å². The summed E-state index contributed by atoms with van der Waals surface area (Å²) in [6.45, 7) is 2.47. The number of benzene rings is 1. The number of amides is 2. The van der Waals surface area contributed by atoms with Gasteiger partial charge in [0.2, 0.25) is 10.0 Å². The van der Waals surface area contributed by atoms with Crippen molar-refractivity contribution >= 4 is 21.8 Å². The second kappa shape index (κ2) is 7.76. The average molecular weight is 404 g/mol. The monoisotopic (exact) mass is 404 g/mol. The van der Waals surface area contributed by atoms with Gasteiger partial charge in [0.1, 0.15) is 10.6 Å². The van der Waals surface area contributed by atoms with Gasteiger partial charge in [-0.3, -0.25) is 9.59 Å². The Kier molecular flexibility index (Phi) is 5.57. The molecular weight excluding hydrogens is 380 g/mol. The molecule has 3 N–H and O–H groups in total. The number of aryl methyl sites for hydroxylation is 2. The van der Waals surface area contributed by atoms with Crippen molar-refractivity contribution in [2.75, 3.05) is 13.1 Å². The molecular formula is C19H24N4O4S. The minimum absolute atomic E-state index is 0.0474. The van der Waals surface area contributed by atoms with E-state index in [1.165, 1.54) is 21.1 Å². The molecule has 0 unspecified atom stereocenters. The van der Waals surface area contributed by atoms with Gasteiger partial charge in [-0.1, -0.05) is 18.2 Å². The smallest absolute Gasteiger partial charge is 0.265 e. The van der Waals surface area contributed by atoms with E-state index in [0.717, 1.165) is 5.56 Å². The van der Waals surface area contributed by atoms with E-state index in [1.807, 2.05) is 25.1 Å². The van der Waals surface area contributed by atoms with E-state index in [4.69, 9.17) is 5.73 Å². The van der Waals surface area contributed by atoms with Crippen molar-refractivity contribution in [3.63, 3.8) is 0 Å². The maximum Gasteiger partial charge on any atom is 0.265 e. The number of rotatable bonds is 5. The summed E-state index contributed by atoms with van der Waals surface area (Å²) < 4.78 is 28.5. The molecule has 1 aliphatic rings. The molecule has 28 heavy (non-hydrogen) atoms. The minimum atomic E-state index is -3.72. The summed E-state index contributed by atoms with van der Waals surface area (Å²) in [7, 11) is -2.14. The summed E-state index contributed by atoms with van der Waals surface area (Å²) in [5, 5.41) is 2.99. The number of hydrogen-bond donors (Lipinski definition) is 2. The molecule has 2 aromatic rings. The molecule has 1 saturated heterocycles. The molecule has 2 heterocycles. The SMILES string of the molecule is Cc1ccccc1C(=O)NC1CCN(S(=O)(=O)c2cc(C(N)=O)n(C)c2)CC1. The highest BCUT2D eigenvalue weighted by Crippen LogP contribution is 2.22. The molecule has 1 aromatic heterocycles. The van der Waals surface area contributed by atoms with E-state index >= 15 is 0 Å². The number of nitrogens with one attached hydrogen (secondary N) is 1. The summed E-state index contributed by atoms with van der Waals surface area (Å²) in [4.78, 5) is 23.9. The van der Waals surface area contributed by atoms with Gasteiger partial charge in [0.15, 0.2) is 0 Å². The molecule has 0 bridgehead atoms. The van der Waals surface area contributed by atoms with Crippen LogP contribution in [0.25, 0.3) is 0 Å². The maximum atomic E-state index is 12.8. The first-order valence-electron chi connectivity index (χ1n) is 9.03. The van der Waals surface area contributed by atoms with Crippen molar-refractivity contribution in [1.82, 2.24) is 14.2 Å². The van der Waals surface area contributed by atoms with Crippen LogP contribution in [0.3, 0.4) is 0 Å². The molecule has 0 saturated carbocycles. The van der Waals surface area contributed by atoms with Gasteiger partial charge in [0.05, 0.1) is 0 Å². The van der Waals surface area contributed by atoms with Crippen LogP contribution < -0.4 is 11.1 Å². The maximum absolute atomic E-state index is 12.8. The number of hydrogen-bond acceptors (Lipinski definition) is 4. The molecule has 3 rings (SSSR count). The van der Waals surface area contributed by atoms with Crippen molar-refractivity contribution < 1.29 is 18.0 Å². The molecule has 1 aliphatic heterocycles. The summed E-state index contributed by atoms with van der Waals surface area (Å²) in [6.07, 6.45) is 2.43. The lowest BCUT2D eigenvalue weighted by Crippen LogP contribution is -2.46. The third-order valence-electron chi connectivity index (χ3n) is 5.05. The fraction of sp³-hybridized carbons (Fsp3) is 0.368. The quantitative estimate of drug-likeness (QED) is 0.774. The number of sulfonamides is 1. The molecule has 0 spiro atoms. The topological polar surface area (TPSA) is 114 Å². The number of nitrogens with two attached hydrogens (primary N) is 1. The lowest BCUT2D eigenvalue weighted by Gasteiger charge is -2.31. The molecule has 0 radical (unpaired) electrons. The van der Waals surface area contributed by atoms with Gasteiger partial charge in [0, 0.05) is 37.9 Å². The summed E-state index contributed by atoms with van der Waals surface area (Å²) in [5.74, 6) is -0.824. The Morgan fingerprint density at radius 1 is 1.18 bits per heavy atom. The van der Waals surface area contributed by atoms with E-state index in [1.54, 1.807) is 13.1 Å². The highest BCUT2D eigenvalue weighted by molar-refractivity contribution is 7.89. The van der Waals surface area contributed by atoms with Gasteiger partial charge >= 0.3 is 0 Å². The number of carbonyl (C=O) groups excluding carboxylic acids is 2. The summed E-state index contributed by atoms with van der Waals surface area (Å²) in [5.41, 5.74) is 6.93. The lowest BCUT2D eigenvalue weighted by molar-refractivity contribution is 0.0922. The first-order chi connectivity index (χ1) is 13.2. The van der Waals surface area contributed by atoms with E-state index in [9.17, 15) is 18.0 Å². The first kappa shape index (κ1) is 20.1. The molecule has 0 aliphatic carbocycles. The largest absolute Gasteiger partial charge is 0.364 e. The van der Waals surface area contributed by atoms with E-state index in [2.05, 4.69) is 5.32 Å². The highest BCUT2D eigenvalue weighted by Gasteiger charge is 2.31. The standard InChI is InChI=1S/C19H24N4O4S/c1-13-5-3-4-6-16(13)19(25)21-14-7-9-23(10-8-14)28(26,27)15-11-17(18(20)24)22(2)12-15/h3-6,11-12,14H,7-10H2,1-2H3,(H2,20,24)(H,21,25). The van der Waals surface area contributed by atoms with E-state index in [-0.39, 0.29) is 22.5 Å². The molecule has 1 aromatic carbocycles. The number of carbonyl (C=O) groups is 2. The molecule has 2 amide bonds. The third kappa shape index (κ3) is 3.95. The predicted molar refractivity (Wildman–Crippen MR) is 104 cm³/mol. The Balaban J connectivity index is 1.65. The van der Waals surface area contributed by atoms with Gasteiger partial charge in [-0.05, 0) is 37.5 Å². The first-order valence-corrected chi connectivity index (χ1v) is 10.5. The van der Waals surface area contributed by atoms with Crippen LogP contribution in [0.4, 0.5) is 0 Å². The van der Waals surface area contributed by atoms with Crippen LogP contribution in [-0.2, 0) is 17.1 Å². The second-order valence-electron chi connectivity index (χ2n) is 7.00. The zero-order valence-corrected chi connectivity index (χ0v) is 16.7. The van der Waals surface area contributed by atoms with Crippen molar-refractivity contribution in [2.24, 2.45) is 12.8 Å². The van der Waals surface area contributed by atoms with Gasteiger partial charge in [-0.15, -0.1) is 0 Å². The fourth-order valence-electron chi connectivity index (χ4n) is 3.40. The van der Waals surface area contributed by atoms with Crippen molar-refractivity contribution in [3.8, 4) is 0 Å². The van der Waals surface area contributed by atoms with Crippen LogP contribution in [0.5, 0.6) is 0 Å². The van der Waals surface area contributed by atoms with Crippen LogP contribution in [0, 0.1) is 6.92 Å². The molecule has 9 heteroatoms. The van der Waals surface area contributed by atoms with Crippen LogP contribution in [0.2, 0.25) is 0 Å². The zero-order chi connectivity index (χ0) is 20.5. The Labute approximate surface area is 164 Å². The number of primary amides is 1. The Bertz CT molecular complexity index is 1000. The molecule has 1 fully saturated rings.